The molecule has 0 spiro atoms. The third kappa shape index (κ3) is 35.1. The highest BCUT2D eigenvalue weighted by atomic mass is 17.2. The molecular weight excluding hydrogens is 176 g/mol. The van der Waals surface area contributed by atoms with Gasteiger partial charge in [0.05, 0.1) is 11.7 Å². The lowest BCUT2D eigenvalue weighted by molar-refractivity contribution is -0.367. The van der Waals surface area contributed by atoms with Crippen molar-refractivity contribution < 1.29 is 24.8 Å². The largest absolute Gasteiger partial charge is 0.503 e. The van der Waals surface area contributed by atoms with Gasteiger partial charge < -0.3 is 10.2 Å². The van der Waals surface area contributed by atoms with Crippen LogP contribution in [-0.4, -0.2) is 28.1 Å². The SMILES string of the molecule is CC(C)OOC(C)(C)C.O=C(O)O. The Morgan fingerprint density at radius 2 is 1.54 bits per heavy atom. The maximum absolute atomic E-state index is 8.56. The molecule has 80 valence electrons. The van der Waals surface area contributed by atoms with Gasteiger partial charge in [-0.15, -0.1) is 0 Å². The van der Waals surface area contributed by atoms with Gasteiger partial charge in [-0.3, -0.25) is 0 Å². The molecule has 0 aromatic rings. The second kappa shape index (κ2) is 6.68. The van der Waals surface area contributed by atoms with Crippen LogP contribution in [0.4, 0.5) is 4.79 Å². The quantitative estimate of drug-likeness (QED) is 0.521. The Morgan fingerprint density at radius 3 is 1.62 bits per heavy atom. The van der Waals surface area contributed by atoms with Gasteiger partial charge in [0.1, 0.15) is 0 Å². The number of hydrogen-bond acceptors (Lipinski definition) is 3. The summed E-state index contributed by atoms with van der Waals surface area (Å²) in [6.45, 7) is 9.73. The van der Waals surface area contributed by atoms with Crippen molar-refractivity contribution in [2.24, 2.45) is 0 Å². The van der Waals surface area contributed by atoms with Gasteiger partial charge in [0, 0.05) is 0 Å². The summed E-state index contributed by atoms with van der Waals surface area (Å²) in [6, 6.07) is 0. The molecule has 0 bridgehead atoms. The summed E-state index contributed by atoms with van der Waals surface area (Å²) in [5, 5.41) is 13.9. The Kier molecular flexibility index (Phi) is 7.55. The van der Waals surface area contributed by atoms with Crippen molar-refractivity contribution in [3.8, 4) is 0 Å². The van der Waals surface area contributed by atoms with Crippen molar-refractivity contribution in [3.05, 3.63) is 0 Å². The van der Waals surface area contributed by atoms with Crippen molar-refractivity contribution >= 4 is 6.16 Å². The van der Waals surface area contributed by atoms with Gasteiger partial charge in [-0.1, -0.05) is 0 Å². The first kappa shape index (κ1) is 14.7. The molecule has 2 N–H and O–H groups in total. The Morgan fingerprint density at radius 1 is 1.23 bits per heavy atom. The number of carboxylic acid groups (broad SMARTS) is 2. The maximum Gasteiger partial charge on any atom is 0.503 e. The fraction of sp³-hybridized carbons (Fsp3) is 0.875. The second-order valence-corrected chi connectivity index (χ2v) is 3.62. The highest BCUT2D eigenvalue weighted by molar-refractivity contribution is 5.53. The predicted molar refractivity (Wildman–Crippen MR) is 47.7 cm³/mol. The van der Waals surface area contributed by atoms with Crippen LogP contribution >= 0.6 is 0 Å². The number of carbonyl (C=O) groups is 1. The van der Waals surface area contributed by atoms with Crippen LogP contribution in [0.1, 0.15) is 34.6 Å². The molecule has 0 rings (SSSR count). The molecule has 0 amide bonds. The molecule has 0 atom stereocenters. The summed E-state index contributed by atoms with van der Waals surface area (Å²) in [5.41, 5.74) is -0.190. The first-order valence-corrected chi connectivity index (χ1v) is 3.91. The molecule has 0 saturated carbocycles. The van der Waals surface area contributed by atoms with E-state index in [9.17, 15) is 0 Å². The minimum absolute atomic E-state index is 0.143. The van der Waals surface area contributed by atoms with Crippen molar-refractivity contribution in [2.45, 2.75) is 46.3 Å². The van der Waals surface area contributed by atoms with Gasteiger partial charge in [-0.25, -0.2) is 14.6 Å². The molecule has 0 aromatic heterocycles. The lowest BCUT2D eigenvalue weighted by atomic mass is 10.2. The zero-order chi connectivity index (χ0) is 11.1. The van der Waals surface area contributed by atoms with E-state index < -0.39 is 6.16 Å². The minimum atomic E-state index is -1.83. The molecule has 0 aromatic carbocycles. The lowest BCUT2D eigenvalue weighted by Gasteiger charge is -2.18. The van der Waals surface area contributed by atoms with Gasteiger partial charge in [-0.2, -0.15) is 0 Å². The Balaban J connectivity index is 0. The van der Waals surface area contributed by atoms with E-state index in [1.54, 1.807) is 0 Å². The molecule has 0 unspecified atom stereocenters. The van der Waals surface area contributed by atoms with Crippen LogP contribution in [0.25, 0.3) is 0 Å². The molecular formula is C8H18O5. The van der Waals surface area contributed by atoms with Crippen molar-refractivity contribution in [1.82, 2.24) is 0 Å². The average Bonchev–Trinajstić information content (AvgIpc) is 1.80. The Hall–Kier alpha value is -0.810. The highest BCUT2D eigenvalue weighted by Gasteiger charge is 2.11. The zero-order valence-corrected chi connectivity index (χ0v) is 8.70. The van der Waals surface area contributed by atoms with Gasteiger partial charge in [0.25, 0.3) is 0 Å². The molecule has 0 fully saturated rings. The Bertz CT molecular complexity index is 132. The van der Waals surface area contributed by atoms with Crippen molar-refractivity contribution in [2.75, 3.05) is 0 Å². The van der Waals surface area contributed by atoms with Crippen LogP contribution < -0.4 is 0 Å². The van der Waals surface area contributed by atoms with Crippen LogP contribution in [0.3, 0.4) is 0 Å². The molecule has 5 heteroatoms. The number of rotatable bonds is 2. The normalized spacial score (nSPS) is 10.6. The van der Waals surface area contributed by atoms with Crippen LogP contribution in [0.15, 0.2) is 0 Å². The monoisotopic (exact) mass is 194 g/mol. The first-order valence-electron chi connectivity index (χ1n) is 3.91. The van der Waals surface area contributed by atoms with E-state index in [-0.39, 0.29) is 11.7 Å². The molecule has 0 heterocycles. The lowest BCUT2D eigenvalue weighted by Crippen LogP contribution is -2.21. The fourth-order valence-electron chi connectivity index (χ4n) is 0.241. The van der Waals surface area contributed by atoms with Gasteiger partial charge in [0.2, 0.25) is 0 Å². The summed E-state index contributed by atoms with van der Waals surface area (Å²) in [6.07, 6.45) is -1.69. The van der Waals surface area contributed by atoms with Crippen LogP contribution in [0.5, 0.6) is 0 Å². The molecule has 0 saturated heterocycles. The van der Waals surface area contributed by atoms with Crippen LogP contribution in [0, 0.1) is 0 Å². The summed E-state index contributed by atoms with van der Waals surface area (Å²) in [5.74, 6) is 0. The Labute approximate surface area is 78.2 Å². The third-order valence-corrected chi connectivity index (χ3v) is 0.491. The fourth-order valence-corrected chi connectivity index (χ4v) is 0.241. The highest BCUT2D eigenvalue weighted by Crippen LogP contribution is 2.08. The summed E-state index contributed by atoms with van der Waals surface area (Å²) < 4.78 is 0. The standard InChI is InChI=1S/C7H16O2.CH2O3/c1-6(2)8-9-7(3,4)5;2-1(3)4/h6H,1-5H3;(H2,2,3,4). The average molecular weight is 194 g/mol. The topological polar surface area (TPSA) is 76.0 Å². The van der Waals surface area contributed by atoms with E-state index in [1.807, 2.05) is 34.6 Å². The molecule has 0 aliphatic heterocycles. The minimum Gasteiger partial charge on any atom is -0.450 e. The number of hydrogen-bond donors (Lipinski definition) is 2. The van der Waals surface area contributed by atoms with E-state index in [2.05, 4.69) is 0 Å². The second-order valence-electron chi connectivity index (χ2n) is 3.62. The summed E-state index contributed by atoms with van der Waals surface area (Å²) in [7, 11) is 0. The van der Waals surface area contributed by atoms with Crippen LogP contribution in [0.2, 0.25) is 0 Å². The van der Waals surface area contributed by atoms with E-state index in [1.165, 1.54) is 0 Å². The van der Waals surface area contributed by atoms with E-state index >= 15 is 0 Å². The summed E-state index contributed by atoms with van der Waals surface area (Å²) in [4.78, 5) is 18.5. The van der Waals surface area contributed by atoms with E-state index in [0.717, 1.165) is 0 Å². The zero-order valence-electron chi connectivity index (χ0n) is 8.70. The molecule has 0 aliphatic rings. The van der Waals surface area contributed by atoms with E-state index in [0.29, 0.717) is 0 Å². The third-order valence-electron chi connectivity index (χ3n) is 0.491. The maximum atomic E-state index is 8.56. The molecule has 13 heavy (non-hydrogen) atoms. The molecule has 5 nitrogen and oxygen atoms in total. The van der Waals surface area contributed by atoms with Gasteiger partial charge in [0.15, 0.2) is 0 Å². The molecule has 0 radical (unpaired) electrons. The first-order chi connectivity index (χ1) is 5.65. The summed E-state index contributed by atoms with van der Waals surface area (Å²) >= 11 is 0. The van der Waals surface area contributed by atoms with Crippen LogP contribution in [-0.2, 0) is 9.78 Å². The van der Waals surface area contributed by atoms with E-state index in [4.69, 9.17) is 24.8 Å². The molecule has 0 aliphatic carbocycles. The van der Waals surface area contributed by atoms with Gasteiger partial charge in [-0.05, 0) is 34.6 Å². The van der Waals surface area contributed by atoms with Gasteiger partial charge >= 0.3 is 6.16 Å². The predicted octanol–water partition coefficient (Wildman–Crippen LogP) is 2.36. The van der Waals surface area contributed by atoms with Crippen molar-refractivity contribution in [1.29, 1.82) is 0 Å². The smallest absolute Gasteiger partial charge is 0.450 e. The van der Waals surface area contributed by atoms with Crippen molar-refractivity contribution in [3.63, 3.8) is 0 Å².